The number of rotatable bonds is 19. The van der Waals surface area contributed by atoms with Crippen molar-refractivity contribution in [2.45, 2.75) is 148 Å². The van der Waals surface area contributed by atoms with Gasteiger partial charge in [-0.25, -0.2) is 0 Å². The van der Waals surface area contributed by atoms with Crippen LogP contribution in [0.3, 0.4) is 0 Å². The molecule has 0 bridgehead atoms. The van der Waals surface area contributed by atoms with Gasteiger partial charge in [0.1, 0.15) is 0 Å². The minimum Gasteiger partial charge on any atom is -0.417 e. The molecule has 1 fully saturated rings. The quantitative estimate of drug-likeness (QED) is 0.160. The topological polar surface area (TPSA) is 9.23 Å². The van der Waals surface area contributed by atoms with Crippen LogP contribution < -0.4 is 0 Å². The Hall–Kier alpha value is 0.177. The van der Waals surface area contributed by atoms with Crippen LogP contribution in [-0.4, -0.2) is 14.9 Å². The molecule has 0 amide bonds. The molecule has 1 rings (SSSR count). The maximum Gasteiger partial charge on any atom is 0.192 e. The predicted octanol–water partition coefficient (Wildman–Crippen LogP) is 9.02. The molecule has 0 aliphatic carbocycles. The Morgan fingerprint density at radius 2 is 0.923 bits per heavy atom. The first-order chi connectivity index (χ1) is 12.8. The Bertz CT molecular complexity index is 286. The maximum absolute atomic E-state index is 6.40. The lowest BCUT2D eigenvalue weighted by Crippen LogP contribution is -2.33. The minimum atomic E-state index is -1.22. The number of hydrogen-bond acceptors (Lipinski definition) is 1. The highest BCUT2D eigenvalue weighted by atomic mass is 28.4. The lowest BCUT2D eigenvalue weighted by Gasteiger charge is -2.25. The molecule has 0 N–H and O–H groups in total. The predicted molar refractivity (Wildman–Crippen MR) is 121 cm³/mol. The summed E-state index contributed by atoms with van der Waals surface area (Å²) in [6, 6.07) is 4.25. The molecule has 156 valence electrons. The third-order valence-corrected chi connectivity index (χ3v) is 11.2. The third kappa shape index (κ3) is 12.5. The summed E-state index contributed by atoms with van der Waals surface area (Å²) >= 11 is 0. The minimum absolute atomic E-state index is 1.07. The molecule has 0 radical (unpaired) electrons. The summed E-state index contributed by atoms with van der Waals surface area (Å²) in [4.78, 5) is 0. The largest absolute Gasteiger partial charge is 0.417 e. The van der Waals surface area contributed by atoms with E-state index >= 15 is 0 Å². The van der Waals surface area contributed by atoms with Gasteiger partial charge in [0.05, 0.1) is 0 Å². The van der Waals surface area contributed by atoms with Crippen molar-refractivity contribution in [3.05, 3.63) is 0 Å². The van der Waals surface area contributed by atoms with Crippen LogP contribution in [0.2, 0.25) is 18.1 Å². The molecule has 2 heteroatoms. The van der Waals surface area contributed by atoms with E-state index in [2.05, 4.69) is 13.8 Å². The fraction of sp³-hybridized carbons (Fsp3) is 1.00. The summed E-state index contributed by atoms with van der Waals surface area (Å²) in [5.41, 5.74) is 0. The molecule has 1 nitrogen and oxygen atoms in total. The Kier molecular flexibility index (Phi) is 16.1. The maximum atomic E-state index is 6.40. The molecule has 0 unspecified atom stereocenters. The van der Waals surface area contributed by atoms with E-state index in [9.17, 15) is 0 Å². The fourth-order valence-electron chi connectivity index (χ4n) is 4.56. The summed E-state index contributed by atoms with van der Waals surface area (Å²) < 4.78 is 6.40. The van der Waals surface area contributed by atoms with Crippen LogP contribution >= 0.6 is 0 Å². The van der Waals surface area contributed by atoms with E-state index in [-0.39, 0.29) is 0 Å². The first-order valence-corrected chi connectivity index (χ1v) is 15.0. The fourth-order valence-corrected chi connectivity index (χ4v) is 8.37. The Labute approximate surface area is 167 Å². The van der Waals surface area contributed by atoms with Crippen LogP contribution in [0.1, 0.15) is 129 Å². The highest BCUT2D eigenvalue weighted by Gasteiger charge is 2.36. The van der Waals surface area contributed by atoms with Gasteiger partial charge < -0.3 is 4.43 Å². The average molecular weight is 383 g/mol. The zero-order chi connectivity index (χ0) is 18.8. The molecule has 0 aromatic rings. The molecule has 0 aromatic carbocycles. The third-order valence-electron chi connectivity index (χ3n) is 6.57. The van der Waals surface area contributed by atoms with Gasteiger partial charge in [-0.05, 0) is 24.6 Å². The van der Waals surface area contributed by atoms with Gasteiger partial charge in [0.2, 0.25) is 0 Å². The van der Waals surface area contributed by atoms with Gasteiger partial charge >= 0.3 is 0 Å². The Morgan fingerprint density at radius 3 is 1.31 bits per heavy atom. The second-order valence-corrected chi connectivity index (χ2v) is 13.3. The zero-order valence-electron chi connectivity index (χ0n) is 18.5. The number of hydrogen-bond donors (Lipinski definition) is 0. The van der Waals surface area contributed by atoms with Crippen molar-refractivity contribution in [1.82, 2.24) is 0 Å². The van der Waals surface area contributed by atoms with E-state index in [4.69, 9.17) is 4.43 Å². The molecule has 1 heterocycles. The highest BCUT2D eigenvalue weighted by molar-refractivity contribution is 6.74. The molecule has 0 spiro atoms. The van der Waals surface area contributed by atoms with Gasteiger partial charge in [-0.2, -0.15) is 0 Å². The summed E-state index contributed by atoms with van der Waals surface area (Å²) in [5.74, 6) is 0. The Balaban J connectivity index is 1.72. The second-order valence-electron chi connectivity index (χ2n) is 8.90. The summed E-state index contributed by atoms with van der Waals surface area (Å²) in [5, 5.41) is 0. The normalized spacial score (nSPS) is 16.4. The van der Waals surface area contributed by atoms with Gasteiger partial charge in [-0.1, -0.05) is 123 Å². The number of unbranched alkanes of at least 4 members (excludes halogenated alkanes) is 15. The molecule has 1 saturated heterocycles. The standard InChI is InChI=1S/C24H50OSi/c1-3-5-6-7-8-9-10-11-12-13-14-15-16-17-18-19-22-25-26(4-2)23-20-21-24-26/h3-24H2,1-2H3. The monoisotopic (exact) mass is 382 g/mol. The van der Waals surface area contributed by atoms with Crippen molar-refractivity contribution in [3.8, 4) is 0 Å². The molecule has 1 aliphatic heterocycles. The van der Waals surface area contributed by atoms with Gasteiger partial charge in [0.15, 0.2) is 8.32 Å². The highest BCUT2D eigenvalue weighted by Crippen LogP contribution is 2.34. The Morgan fingerprint density at radius 1 is 0.538 bits per heavy atom. The molecular weight excluding hydrogens is 332 g/mol. The molecule has 26 heavy (non-hydrogen) atoms. The first-order valence-electron chi connectivity index (χ1n) is 12.5. The van der Waals surface area contributed by atoms with E-state index < -0.39 is 8.32 Å². The van der Waals surface area contributed by atoms with Crippen molar-refractivity contribution in [2.75, 3.05) is 6.61 Å². The van der Waals surface area contributed by atoms with Crippen LogP contribution in [0.15, 0.2) is 0 Å². The molecule has 0 aromatic heterocycles. The lowest BCUT2D eigenvalue weighted by atomic mass is 10.0. The van der Waals surface area contributed by atoms with Gasteiger partial charge in [0.25, 0.3) is 0 Å². The van der Waals surface area contributed by atoms with E-state index in [0.29, 0.717) is 0 Å². The molecular formula is C24H50OSi. The first kappa shape index (κ1) is 24.2. The van der Waals surface area contributed by atoms with Crippen molar-refractivity contribution < 1.29 is 4.43 Å². The smallest absolute Gasteiger partial charge is 0.192 e. The van der Waals surface area contributed by atoms with Crippen LogP contribution in [-0.2, 0) is 4.43 Å². The van der Waals surface area contributed by atoms with Crippen molar-refractivity contribution in [1.29, 1.82) is 0 Å². The van der Waals surface area contributed by atoms with Gasteiger partial charge in [-0.15, -0.1) is 0 Å². The SMILES string of the molecule is CCCCCCCCCCCCCCCCCCO[Si]1(CC)CCCC1. The van der Waals surface area contributed by atoms with E-state index in [1.165, 1.54) is 134 Å². The molecule has 1 aliphatic rings. The lowest BCUT2D eigenvalue weighted by molar-refractivity contribution is 0.290. The van der Waals surface area contributed by atoms with E-state index in [1.807, 2.05) is 0 Å². The summed E-state index contributed by atoms with van der Waals surface area (Å²) in [7, 11) is -1.22. The second kappa shape index (κ2) is 17.3. The van der Waals surface area contributed by atoms with E-state index in [1.54, 1.807) is 0 Å². The van der Waals surface area contributed by atoms with Crippen molar-refractivity contribution in [3.63, 3.8) is 0 Å². The summed E-state index contributed by atoms with van der Waals surface area (Å²) in [6.45, 7) is 5.73. The molecule has 0 saturated carbocycles. The van der Waals surface area contributed by atoms with Gasteiger partial charge in [0, 0.05) is 6.61 Å². The average Bonchev–Trinajstić information content (AvgIpc) is 3.13. The van der Waals surface area contributed by atoms with Crippen LogP contribution in [0.5, 0.6) is 0 Å². The zero-order valence-corrected chi connectivity index (χ0v) is 19.5. The van der Waals surface area contributed by atoms with E-state index in [0.717, 1.165) is 6.61 Å². The van der Waals surface area contributed by atoms with Gasteiger partial charge in [-0.3, -0.25) is 0 Å². The van der Waals surface area contributed by atoms with Crippen molar-refractivity contribution in [2.24, 2.45) is 0 Å². The summed E-state index contributed by atoms with van der Waals surface area (Å²) in [6.07, 6.45) is 26.0. The van der Waals surface area contributed by atoms with Crippen molar-refractivity contribution >= 4 is 8.32 Å². The molecule has 0 atom stereocenters. The van der Waals surface area contributed by atoms with Crippen LogP contribution in [0.25, 0.3) is 0 Å². The van der Waals surface area contributed by atoms with Crippen LogP contribution in [0.4, 0.5) is 0 Å². The van der Waals surface area contributed by atoms with Crippen LogP contribution in [0, 0.1) is 0 Å².